The van der Waals surface area contributed by atoms with Crippen molar-refractivity contribution in [1.29, 1.82) is 0 Å². The highest BCUT2D eigenvalue weighted by Gasteiger charge is 2.66. The zero-order valence-electron chi connectivity index (χ0n) is 9.30. The van der Waals surface area contributed by atoms with E-state index in [1.807, 2.05) is 0 Å². The van der Waals surface area contributed by atoms with E-state index in [1.54, 1.807) is 0 Å². The largest absolute Gasteiger partial charge is 0.0885 e. The molecule has 82 valence electrons. The Morgan fingerprint density at radius 3 is 2.00 bits per heavy atom. The van der Waals surface area contributed by atoms with Gasteiger partial charge in [-0.1, -0.05) is 81.8 Å². The normalized spacial score (nSPS) is 28.9. The first kappa shape index (κ1) is 11.9. The smallest absolute Gasteiger partial charge is 0.0720 e. The van der Waals surface area contributed by atoms with E-state index in [4.69, 9.17) is 0 Å². The van der Waals surface area contributed by atoms with Gasteiger partial charge in [0.25, 0.3) is 0 Å². The van der Waals surface area contributed by atoms with Crippen molar-refractivity contribution in [2.75, 3.05) is 0 Å². The van der Waals surface area contributed by atoms with Gasteiger partial charge in [-0.25, -0.2) is 0 Å². The van der Waals surface area contributed by atoms with E-state index in [0.29, 0.717) is 5.92 Å². The highest BCUT2D eigenvalue weighted by Crippen LogP contribution is 2.74. The summed E-state index contributed by atoms with van der Waals surface area (Å²) in [6.07, 6.45) is 0. The average Bonchev–Trinajstić information content (AvgIpc) is 2.70. The zero-order valence-corrected chi connectivity index (χ0v) is 13.5. The van der Waals surface area contributed by atoms with E-state index in [1.165, 1.54) is 5.56 Å². The van der Waals surface area contributed by atoms with Crippen LogP contribution in [0.3, 0.4) is 0 Å². The number of hydrogen-bond acceptors (Lipinski definition) is 0. The maximum Gasteiger partial charge on any atom is 0.0885 e. The molecule has 1 aliphatic rings. The van der Waals surface area contributed by atoms with Crippen LogP contribution in [0.4, 0.5) is 0 Å². The van der Waals surface area contributed by atoms with Crippen molar-refractivity contribution in [3.05, 3.63) is 35.9 Å². The Balaban J connectivity index is 2.28. The minimum atomic E-state index is -1.10. The first-order chi connectivity index (χ1) is 6.85. The van der Waals surface area contributed by atoms with E-state index in [0.717, 1.165) is 5.54 Å². The summed E-state index contributed by atoms with van der Waals surface area (Å²) >= 11 is 7.69. The molecule has 3 heteroatoms. The van der Waals surface area contributed by atoms with Gasteiger partial charge in [-0.2, -0.15) is 0 Å². The molecule has 0 spiro atoms. The van der Waals surface area contributed by atoms with Crippen LogP contribution >= 0.6 is 31.9 Å². The minimum absolute atomic E-state index is 0.159. The molecular weight excluding hydrogens is 332 g/mol. The van der Waals surface area contributed by atoms with Crippen molar-refractivity contribution in [1.82, 2.24) is 0 Å². The summed E-state index contributed by atoms with van der Waals surface area (Å²) in [6.45, 7) is 7.33. The number of benzene rings is 1. The minimum Gasteiger partial charge on any atom is -0.0720 e. The van der Waals surface area contributed by atoms with Crippen LogP contribution in [0, 0.1) is 0 Å². The van der Waals surface area contributed by atoms with Gasteiger partial charge in [0.15, 0.2) is 0 Å². The molecule has 0 nitrogen and oxygen atoms in total. The van der Waals surface area contributed by atoms with Gasteiger partial charge in [0.2, 0.25) is 0 Å². The van der Waals surface area contributed by atoms with Crippen LogP contribution < -0.4 is 0 Å². The number of halogens is 2. The predicted octanol–water partition coefficient (Wildman–Crippen LogP) is 4.98. The first-order valence-corrected chi connectivity index (χ1v) is 10.4. The standard InChI is InChI=1S/C12H16Br2Si/c1-15(2,3)11-10(12(11,13)14)9-7-5-4-6-8-9/h4-8,10-11H,1-3H3/t10-,11+/m1/s1. The quantitative estimate of drug-likeness (QED) is 0.522. The van der Waals surface area contributed by atoms with E-state index in [9.17, 15) is 0 Å². The summed E-state index contributed by atoms with van der Waals surface area (Å²) in [6, 6.07) is 10.8. The zero-order chi connectivity index (χ0) is 11.3. The van der Waals surface area contributed by atoms with Crippen LogP contribution in [0.2, 0.25) is 25.2 Å². The van der Waals surface area contributed by atoms with Crippen molar-refractivity contribution in [3.8, 4) is 0 Å². The highest BCUT2D eigenvalue weighted by atomic mass is 79.9. The lowest BCUT2D eigenvalue weighted by molar-refractivity contribution is 1.11. The van der Waals surface area contributed by atoms with Crippen LogP contribution in [0.15, 0.2) is 30.3 Å². The molecule has 0 heterocycles. The third kappa shape index (κ3) is 2.11. The van der Waals surface area contributed by atoms with E-state index in [2.05, 4.69) is 81.8 Å². The molecule has 0 bridgehead atoms. The first-order valence-electron chi connectivity index (χ1n) is 5.28. The molecule has 1 aromatic rings. The van der Waals surface area contributed by atoms with Crippen LogP contribution in [0.25, 0.3) is 0 Å². The molecule has 1 fully saturated rings. The predicted molar refractivity (Wildman–Crippen MR) is 76.9 cm³/mol. The van der Waals surface area contributed by atoms with Crippen LogP contribution in [0.1, 0.15) is 11.5 Å². The molecular formula is C12H16Br2Si. The molecule has 1 aliphatic carbocycles. The molecule has 0 unspecified atom stereocenters. The molecule has 0 aliphatic heterocycles. The van der Waals surface area contributed by atoms with E-state index >= 15 is 0 Å². The highest BCUT2D eigenvalue weighted by molar-refractivity contribution is 9.25. The molecule has 1 aromatic carbocycles. The van der Waals surface area contributed by atoms with Gasteiger partial charge in [0.05, 0.1) is 11.3 Å². The van der Waals surface area contributed by atoms with Crippen molar-refractivity contribution < 1.29 is 0 Å². The molecule has 1 saturated carbocycles. The third-order valence-electron chi connectivity index (χ3n) is 3.15. The van der Waals surface area contributed by atoms with Gasteiger partial charge >= 0.3 is 0 Å². The second-order valence-corrected chi connectivity index (χ2v) is 14.4. The Labute approximate surface area is 110 Å². The van der Waals surface area contributed by atoms with Crippen molar-refractivity contribution in [3.63, 3.8) is 0 Å². The van der Waals surface area contributed by atoms with Gasteiger partial charge in [-0.05, 0) is 11.1 Å². The number of hydrogen-bond donors (Lipinski definition) is 0. The molecule has 2 atom stereocenters. The maximum atomic E-state index is 3.84. The summed E-state index contributed by atoms with van der Waals surface area (Å²) in [5.74, 6) is 0.644. The summed E-state index contributed by atoms with van der Waals surface area (Å²) in [5, 5.41) is 0. The van der Waals surface area contributed by atoms with Gasteiger partial charge in [-0.3, -0.25) is 0 Å². The molecule has 0 aromatic heterocycles. The fourth-order valence-corrected chi connectivity index (χ4v) is 11.1. The Morgan fingerprint density at radius 2 is 1.60 bits per heavy atom. The molecule has 0 saturated heterocycles. The summed E-state index contributed by atoms with van der Waals surface area (Å²) in [4.78, 5) is 0. The monoisotopic (exact) mass is 346 g/mol. The third-order valence-corrected chi connectivity index (χ3v) is 8.62. The van der Waals surface area contributed by atoms with Crippen molar-refractivity contribution in [2.45, 2.75) is 34.3 Å². The number of alkyl halides is 2. The average molecular weight is 348 g/mol. The Hall–Kier alpha value is 0.397. The fraction of sp³-hybridized carbons (Fsp3) is 0.500. The lowest BCUT2D eigenvalue weighted by Gasteiger charge is -2.16. The Kier molecular flexibility index (Phi) is 2.93. The Morgan fingerprint density at radius 1 is 1.07 bits per heavy atom. The van der Waals surface area contributed by atoms with Crippen LogP contribution in [0.5, 0.6) is 0 Å². The van der Waals surface area contributed by atoms with Crippen molar-refractivity contribution in [2.24, 2.45) is 0 Å². The van der Waals surface area contributed by atoms with Gasteiger partial charge in [0, 0.05) is 5.92 Å². The topological polar surface area (TPSA) is 0 Å². The SMILES string of the molecule is C[Si](C)(C)[C@H]1[C@@H](c2ccccc2)C1(Br)Br. The lowest BCUT2D eigenvalue weighted by Crippen LogP contribution is -2.22. The summed E-state index contributed by atoms with van der Waals surface area (Å²) in [5.41, 5.74) is 2.24. The molecule has 0 amide bonds. The summed E-state index contributed by atoms with van der Waals surface area (Å²) < 4.78 is 0.159. The van der Waals surface area contributed by atoms with Gasteiger partial charge in [-0.15, -0.1) is 0 Å². The van der Waals surface area contributed by atoms with Gasteiger partial charge < -0.3 is 0 Å². The molecule has 15 heavy (non-hydrogen) atoms. The fourth-order valence-electron chi connectivity index (χ4n) is 2.48. The summed E-state index contributed by atoms with van der Waals surface area (Å²) in [7, 11) is -1.10. The lowest BCUT2D eigenvalue weighted by atomic mass is 10.1. The maximum absolute atomic E-state index is 3.84. The molecule has 0 radical (unpaired) electrons. The van der Waals surface area contributed by atoms with Crippen LogP contribution in [-0.4, -0.2) is 11.3 Å². The second-order valence-electron chi connectivity index (χ2n) is 5.41. The second kappa shape index (κ2) is 3.71. The number of rotatable bonds is 2. The van der Waals surface area contributed by atoms with Crippen molar-refractivity contribution >= 4 is 39.9 Å². The van der Waals surface area contributed by atoms with E-state index < -0.39 is 8.07 Å². The molecule has 0 N–H and O–H groups in total. The molecule has 2 rings (SSSR count). The Bertz CT molecular complexity index is 354. The van der Waals surface area contributed by atoms with E-state index in [-0.39, 0.29) is 3.23 Å². The van der Waals surface area contributed by atoms with Crippen LogP contribution in [-0.2, 0) is 0 Å². The van der Waals surface area contributed by atoms with Gasteiger partial charge in [0.1, 0.15) is 0 Å².